The monoisotopic (exact) mass is 344 g/mol. The summed E-state index contributed by atoms with van der Waals surface area (Å²) < 4.78 is 27.8. The molecule has 0 atom stereocenters. The lowest BCUT2D eigenvalue weighted by Gasteiger charge is -2.13. The highest BCUT2D eigenvalue weighted by molar-refractivity contribution is 7.92. The summed E-state index contributed by atoms with van der Waals surface area (Å²) in [4.78, 5) is 25.4. The summed E-state index contributed by atoms with van der Waals surface area (Å²) in [6.45, 7) is 3.58. The molecule has 0 aromatic heterocycles. The van der Waals surface area contributed by atoms with Crippen LogP contribution in [0.2, 0.25) is 0 Å². The first-order chi connectivity index (χ1) is 11.2. The highest BCUT2D eigenvalue weighted by Gasteiger charge is 2.35. The third-order valence-corrected chi connectivity index (χ3v) is 5.51. The number of sulfonamides is 1. The number of amides is 2. The zero-order valence-corrected chi connectivity index (χ0v) is 14.3. The van der Waals surface area contributed by atoms with Gasteiger partial charge in [0.15, 0.2) is 0 Å². The van der Waals surface area contributed by atoms with Crippen molar-refractivity contribution in [1.82, 2.24) is 4.90 Å². The quantitative estimate of drug-likeness (QED) is 0.866. The highest BCUT2D eigenvalue weighted by Crippen LogP contribution is 2.30. The van der Waals surface area contributed by atoms with Gasteiger partial charge in [-0.15, -0.1) is 0 Å². The average Bonchev–Trinajstić information content (AvgIpc) is 2.72. The summed E-state index contributed by atoms with van der Waals surface area (Å²) in [6, 6.07) is 9.53. The number of rotatable bonds is 3. The van der Waals surface area contributed by atoms with Gasteiger partial charge in [0.05, 0.1) is 21.7 Å². The Morgan fingerprint density at radius 3 is 2.38 bits per heavy atom. The molecule has 0 saturated heterocycles. The topological polar surface area (TPSA) is 83.6 Å². The largest absolute Gasteiger partial charge is 0.279 e. The van der Waals surface area contributed by atoms with Gasteiger partial charge in [0.1, 0.15) is 0 Å². The van der Waals surface area contributed by atoms with E-state index in [1.165, 1.54) is 25.2 Å². The van der Waals surface area contributed by atoms with E-state index in [4.69, 9.17) is 0 Å². The predicted molar refractivity (Wildman–Crippen MR) is 89.6 cm³/mol. The minimum absolute atomic E-state index is 0.0818. The van der Waals surface area contributed by atoms with Gasteiger partial charge < -0.3 is 0 Å². The summed E-state index contributed by atoms with van der Waals surface area (Å²) in [7, 11) is -2.50. The van der Waals surface area contributed by atoms with Crippen molar-refractivity contribution in [1.29, 1.82) is 0 Å². The van der Waals surface area contributed by atoms with E-state index >= 15 is 0 Å². The Morgan fingerprint density at radius 2 is 1.71 bits per heavy atom. The van der Waals surface area contributed by atoms with Crippen molar-refractivity contribution in [3.05, 3.63) is 58.7 Å². The standard InChI is InChI=1S/C17H16N2O4S/c1-10-7-8-14(11(2)9-10)24(22,23)18-13-6-4-5-12-15(13)17(21)19(3)16(12)20/h4-9,18H,1-3H3. The number of imide groups is 1. The third kappa shape index (κ3) is 2.46. The van der Waals surface area contributed by atoms with Crippen LogP contribution < -0.4 is 4.72 Å². The van der Waals surface area contributed by atoms with Crippen LogP contribution in [0.1, 0.15) is 31.8 Å². The molecule has 0 bridgehead atoms. The second-order valence-corrected chi connectivity index (χ2v) is 7.42. The molecule has 1 aliphatic rings. The van der Waals surface area contributed by atoms with E-state index in [-0.39, 0.29) is 21.7 Å². The molecule has 2 aromatic carbocycles. The van der Waals surface area contributed by atoms with Crippen LogP contribution in [0, 0.1) is 13.8 Å². The number of nitrogens with one attached hydrogen (secondary N) is 1. The summed E-state index contributed by atoms with van der Waals surface area (Å²) >= 11 is 0. The third-order valence-electron chi connectivity index (χ3n) is 3.98. The van der Waals surface area contributed by atoms with E-state index in [0.717, 1.165) is 10.5 Å². The van der Waals surface area contributed by atoms with Crippen molar-refractivity contribution in [3.8, 4) is 0 Å². The molecule has 2 amide bonds. The van der Waals surface area contributed by atoms with E-state index in [2.05, 4.69) is 4.72 Å². The Morgan fingerprint density at radius 1 is 1.00 bits per heavy atom. The van der Waals surface area contributed by atoms with Crippen LogP contribution in [0.5, 0.6) is 0 Å². The minimum Gasteiger partial charge on any atom is -0.279 e. The molecular weight excluding hydrogens is 328 g/mol. The molecule has 1 aliphatic heterocycles. The van der Waals surface area contributed by atoms with Gasteiger partial charge >= 0.3 is 0 Å². The van der Waals surface area contributed by atoms with Gasteiger partial charge in [-0.25, -0.2) is 8.42 Å². The molecular formula is C17H16N2O4S. The highest BCUT2D eigenvalue weighted by atomic mass is 32.2. The number of carbonyl (C=O) groups is 2. The maximum atomic E-state index is 12.7. The smallest absolute Gasteiger partial charge is 0.263 e. The molecule has 0 spiro atoms. The molecule has 0 aliphatic carbocycles. The van der Waals surface area contributed by atoms with Crippen LogP contribution >= 0.6 is 0 Å². The minimum atomic E-state index is -3.87. The molecule has 0 unspecified atom stereocenters. The van der Waals surface area contributed by atoms with Gasteiger partial charge in [-0.2, -0.15) is 0 Å². The first kappa shape index (κ1) is 16.2. The molecule has 0 saturated carbocycles. The van der Waals surface area contributed by atoms with Gasteiger partial charge in [0, 0.05) is 7.05 Å². The van der Waals surface area contributed by atoms with E-state index in [1.54, 1.807) is 25.1 Å². The average molecular weight is 344 g/mol. The van der Waals surface area contributed by atoms with E-state index in [0.29, 0.717) is 5.56 Å². The molecule has 1 N–H and O–H groups in total. The van der Waals surface area contributed by atoms with Gasteiger partial charge in [0.25, 0.3) is 21.8 Å². The Hall–Kier alpha value is -2.67. The number of aryl methyl sites for hydroxylation is 2. The van der Waals surface area contributed by atoms with Crippen LogP contribution in [0.3, 0.4) is 0 Å². The van der Waals surface area contributed by atoms with Crippen LogP contribution in [-0.2, 0) is 10.0 Å². The van der Waals surface area contributed by atoms with E-state index in [9.17, 15) is 18.0 Å². The van der Waals surface area contributed by atoms with Crippen molar-refractivity contribution in [2.24, 2.45) is 0 Å². The van der Waals surface area contributed by atoms with Crippen molar-refractivity contribution < 1.29 is 18.0 Å². The lowest BCUT2D eigenvalue weighted by Crippen LogP contribution is -2.24. The zero-order valence-electron chi connectivity index (χ0n) is 13.5. The number of hydrogen-bond acceptors (Lipinski definition) is 4. The molecule has 6 nitrogen and oxygen atoms in total. The molecule has 0 radical (unpaired) electrons. The molecule has 7 heteroatoms. The Balaban J connectivity index is 2.07. The van der Waals surface area contributed by atoms with E-state index < -0.39 is 21.8 Å². The van der Waals surface area contributed by atoms with Gasteiger partial charge in [-0.3, -0.25) is 19.2 Å². The molecule has 2 aromatic rings. The fourth-order valence-corrected chi connectivity index (χ4v) is 4.09. The molecule has 0 fully saturated rings. The number of carbonyl (C=O) groups excluding carboxylic acids is 2. The maximum absolute atomic E-state index is 12.7. The van der Waals surface area contributed by atoms with Crippen LogP contribution in [0.25, 0.3) is 0 Å². The number of hydrogen-bond donors (Lipinski definition) is 1. The number of benzene rings is 2. The van der Waals surface area contributed by atoms with Gasteiger partial charge in [-0.1, -0.05) is 23.8 Å². The number of nitrogens with zero attached hydrogens (tertiary/aromatic N) is 1. The van der Waals surface area contributed by atoms with Gasteiger partial charge in [-0.05, 0) is 37.6 Å². The fourth-order valence-electron chi connectivity index (χ4n) is 2.79. The SMILES string of the molecule is Cc1ccc(S(=O)(=O)Nc2cccc3c2C(=O)N(C)C3=O)c(C)c1. The summed E-state index contributed by atoms with van der Waals surface area (Å²) in [6.07, 6.45) is 0. The molecule has 1 heterocycles. The van der Waals surface area contributed by atoms with Crippen molar-refractivity contribution in [2.45, 2.75) is 18.7 Å². The molecule has 24 heavy (non-hydrogen) atoms. The van der Waals surface area contributed by atoms with E-state index in [1.807, 2.05) is 6.92 Å². The van der Waals surface area contributed by atoms with Crippen LogP contribution in [0.4, 0.5) is 5.69 Å². The number of fused-ring (bicyclic) bond motifs is 1. The lowest BCUT2D eigenvalue weighted by molar-refractivity contribution is 0.0693. The summed E-state index contributed by atoms with van der Waals surface area (Å²) in [5.41, 5.74) is 1.95. The van der Waals surface area contributed by atoms with Crippen LogP contribution in [0.15, 0.2) is 41.3 Å². The first-order valence-corrected chi connectivity index (χ1v) is 8.76. The lowest BCUT2D eigenvalue weighted by atomic mass is 10.1. The second-order valence-electron chi connectivity index (χ2n) is 5.77. The van der Waals surface area contributed by atoms with Crippen molar-refractivity contribution in [3.63, 3.8) is 0 Å². The molecule has 3 rings (SSSR count). The van der Waals surface area contributed by atoms with Crippen molar-refractivity contribution >= 4 is 27.5 Å². The summed E-state index contributed by atoms with van der Waals surface area (Å²) in [5.74, 6) is -0.962. The Kier molecular flexibility index (Phi) is 3.68. The molecule has 124 valence electrons. The fraction of sp³-hybridized carbons (Fsp3) is 0.176. The Bertz CT molecular complexity index is 980. The summed E-state index contributed by atoms with van der Waals surface area (Å²) in [5, 5.41) is 0. The van der Waals surface area contributed by atoms with Crippen LogP contribution in [-0.4, -0.2) is 32.2 Å². The van der Waals surface area contributed by atoms with Gasteiger partial charge in [0.2, 0.25) is 0 Å². The second kappa shape index (κ2) is 5.45. The Labute approximate surface area is 140 Å². The maximum Gasteiger partial charge on any atom is 0.263 e. The number of anilines is 1. The first-order valence-electron chi connectivity index (χ1n) is 7.28. The van der Waals surface area contributed by atoms with Crippen molar-refractivity contribution in [2.75, 3.05) is 11.8 Å². The zero-order chi connectivity index (χ0) is 17.6. The predicted octanol–water partition coefficient (Wildman–Crippen LogP) is 2.33. The normalized spacial score (nSPS) is 14.0.